The molecule has 0 bridgehead atoms. The van der Waals surface area contributed by atoms with E-state index < -0.39 is 0 Å². The van der Waals surface area contributed by atoms with Crippen LogP contribution in [-0.4, -0.2) is 16.2 Å². The number of aromatic nitrogens is 2. The van der Waals surface area contributed by atoms with Gasteiger partial charge in [-0.05, 0) is 77.5 Å². The third kappa shape index (κ3) is 5.67. The molecule has 2 aromatic heterocycles. The number of aryl methyl sites for hydroxylation is 1. The number of ether oxygens (including phenoxy) is 1. The van der Waals surface area contributed by atoms with Gasteiger partial charge in [0.15, 0.2) is 0 Å². The molecular formula is C53H38N4O. The highest BCUT2D eigenvalue weighted by Crippen LogP contribution is 2.53. The van der Waals surface area contributed by atoms with Gasteiger partial charge >= 0.3 is 0 Å². The summed E-state index contributed by atoms with van der Waals surface area (Å²) in [6.45, 7) is 2.76. The number of para-hydroxylation sites is 2. The molecule has 58 heavy (non-hydrogen) atoms. The van der Waals surface area contributed by atoms with Gasteiger partial charge in [0.25, 0.3) is 0 Å². The maximum Gasteiger partial charge on any atom is 0.137 e. The fourth-order valence-electron chi connectivity index (χ4n) is 8.80. The van der Waals surface area contributed by atoms with Crippen LogP contribution in [0.5, 0.6) is 11.5 Å². The molecule has 11 rings (SSSR count). The summed E-state index contributed by atoms with van der Waals surface area (Å²) in [6.07, 6.45) is 1.84. The molecule has 0 aliphatic carbocycles. The molecule has 0 saturated heterocycles. The van der Waals surface area contributed by atoms with E-state index in [1.54, 1.807) is 0 Å². The Kier molecular flexibility index (Phi) is 8.04. The first-order valence-corrected chi connectivity index (χ1v) is 19.7. The van der Waals surface area contributed by atoms with Crippen molar-refractivity contribution < 1.29 is 4.74 Å². The second kappa shape index (κ2) is 13.8. The van der Waals surface area contributed by atoms with E-state index in [0.29, 0.717) is 6.67 Å². The Morgan fingerprint density at radius 1 is 0.483 bits per heavy atom. The van der Waals surface area contributed by atoms with Crippen LogP contribution in [0.25, 0.3) is 60.6 Å². The molecular weight excluding hydrogens is 709 g/mol. The second-order valence-corrected chi connectivity index (χ2v) is 14.9. The van der Waals surface area contributed by atoms with Gasteiger partial charge in [-0.3, -0.25) is 4.57 Å². The van der Waals surface area contributed by atoms with Crippen molar-refractivity contribution in [2.45, 2.75) is 6.92 Å². The van der Waals surface area contributed by atoms with Crippen molar-refractivity contribution in [3.63, 3.8) is 0 Å². The lowest BCUT2D eigenvalue weighted by Gasteiger charge is -2.28. The summed E-state index contributed by atoms with van der Waals surface area (Å²) in [5.41, 5.74) is 12.6. The molecule has 8 aromatic carbocycles. The highest BCUT2D eigenvalue weighted by atomic mass is 16.5. The number of pyridine rings is 1. The first kappa shape index (κ1) is 33.7. The van der Waals surface area contributed by atoms with Crippen LogP contribution in [-0.2, 0) is 0 Å². The molecule has 0 unspecified atom stereocenters. The summed E-state index contributed by atoms with van der Waals surface area (Å²) >= 11 is 0. The van der Waals surface area contributed by atoms with Gasteiger partial charge in [0.2, 0.25) is 0 Å². The third-order valence-corrected chi connectivity index (χ3v) is 11.3. The smallest absolute Gasteiger partial charge is 0.137 e. The molecule has 0 amide bonds. The van der Waals surface area contributed by atoms with Crippen molar-refractivity contribution in [3.8, 4) is 39.6 Å². The minimum Gasteiger partial charge on any atom is -0.457 e. The lowest BCUT2D eigenvalue weighted by Crippen LogP contribution is -2.25. The van der Waals surface area contributed by atoms with Crippen LogP contribution in [0.4, 0.5) is 22.7 Å². The molecule has 0 fully saturated rings. The van der Waals surface area contributed by atoms with Crippen molar-refractivity contribution in [1.82, 2.24) is 9.55 Å². The maximum absolute atomic E-state index is 6.80. The molecule has 0 atom stereocenters. The van der Waals surface area contributed by atoms with E-state index in [-0.39, 0.29) is 0 Å². The number of rotatable bonds is 7. The zero-order valence-corrected chi connectivity index (χ0v) is 32.0. The molecule has 5 nitrogen and oxygen atoms in total. The van der Waals surface area contributed by atoms with Crippen LogP contribution in [0.2, 0.25) is 0 Å². The fourth-order valence-corrected chi connectivity index (χ4v) is 8.80. The zero-order valence-electron chi connectivity index (χ0n) is 32.0. The van der Waals surface area contributed by atoms with Gasteiger partial charge in [-0.25, -0.2) is 4.98 Å². The molecule has 0 radical (unpaired) electrons. The summed E-state index contributed by atoms with van der Waals surface area (Å²) < 4.78 is 9.02. The lowest BCUT2D eigenvalue weighted by molar-refractivity contribution is 0.483. The van der Waals surface area contributed by atoms with Crippen molar-refractivity contribution in [2.75, 3.05) is 16.5 Å². The topological polar surface area (TPSA) is 33.5 Å². The van der Waals surface area contributed by atoms with Crippen LogP contribution in [0.3, 0.4) is 0 Å². The Morgan fingerprint density at radius 2 is 1.17 bits per heavy atom. The van der Waals surface area contributed by atoms with Gasteiger partial charge in [0.1, 0.15) is 24.0 Å². The Morgan fingerprint density at radius 3 is 1.93 bits per heavy atom. The van der Waals surface area contributed by atoms with Crippen molar-refractivity contribution in [3.05, 3.63) is 206 Å². The standard InChI is InChI=1S/C53H38N4O/c1-36-31-40(33-42(32-36)58-41-27-28-47-46-21-10-11-24-48(46)57(50(47)34-41)51-25-12-13-30-54-51)55-35-56(53-45-20-9-8-19-39(45)26-29-49(53)55)52-43(37-15-4-2-5-16-37)22-14-23-44(52)38-17-6-3-7-18-38/h2-34H,35H2,1H3. The van der Waals surface area contributed by atoms with Gasteiger partial charge < -0.3 is 14.5 Å². The van der Waals surface area contributed by atoms with E-state index in [0.717, 1.165) is 50.7 Å². The van der Waals surface area contributed by atoms with E-state index in [9.17, 15) is 0 Å². The zero-order chi connectivity index (χ0) is 38.6. The van der Waals surface area contributed by atoms with Crippen molar-refractivity contribution >= 4 is 55.3 Å². The predicted molar refractivity (Wildman–Crippen MR) is 240 cm³/mol. The SMILES string of the molecule is Cc1cc(Oc2ccc3c4ccccc4n(-c4ccccn4)c3c2)cc(N2CN(c3c(-c4ccccc4)cccc3-c3ccccc3)c3c2ccc2ccccc32)c1. The summed E-state index contributed by atoms with van der Waals surface area (Å²) in [5.74, 6) is 2.42. The molecule has 1 aliphatic heterocycles. The summed E-state index contributed by atoms with van der Waals surface area (Å²) in [7, 11) is 0. The van der Waals surface area contributed by atoms with Crippen LogP contribution in [0.1, 0.15) is 5.56 Å². The number of hydrogen-bond acceptors (Lipinski definition) is 4. The first-order chi connectivity index (χ1) is 28.7. The average molecular weight is 747 g/mol. The van der Waals surface area contributed by atoms with Crippen LogP contribution in [0, 0.1) is 6.92 Å². The minimum atomic E-state index is 0.617. The average Bonchev–Trinajstić information content (AvgIpc) is 3.83. The molecule has 276 valence electrons. The van der Waals surface area contributed by atoms with E-state index in [2.05, 4.69) is 197 Å². The Hall–Kier alpha value is -7.63. The molecule has 5 heteroatoms. The van der Waals surface area contributed by atoms with E-state index in [1.165, 1.54) is 49.8 Å². The van der Waals surface area contributed by atoms with Gasteiger partial charge in [-0.15, -0.1) is 0 Å². The second-order valence-electron chi connectivity index (χ2n) is 14.9. The normalized spacial score (nSPS) is 12.4. The Balaban J connectivity index is 1.05. The largest absolute Gasteiger partial charge is 0.457 e. The number of nitrogens with zero attached hydrogens (tertiary/aromatic N) is 4. The molecule has 0 saturated carbocycles. The Bertz CT molecular complexity index is 3080. The van der Waals surface area contributed by atoms with Crippen LogP contribution < -0.4 is 14.5 Å². The monoisotopic (exact) mass is 746 g/mol. The molecule has 1 aliphatic rings. The fraction of sp³-hybridized carbons (Fsp3) is 0.0377. The summed E-state index contributed by atoms with van der Waals surface area (Å²) in [4.78, 5) is 9.68. The quantitative estimate of drug-likeness (QED) is 0.163. The van der Waals surface area contributed by atoms with E-state index in [1.807, 2.05) is 24.4 Å². The van der Waals surface area contributed by atoms with Crippen LogP contribution in [0.15, 0.2) is 200 Å². The van der Waals surface area contributed by atoms with Gasteiger partial charge in [-0.2, -0.15) is 0 Å². The molecule has 3 heterocycles. The molecule has 0 N–H and O–H groups in total. The molecule has 0 spiro atoms. The van der Waals surface area contributed by atoms with Gasteiger partial charge in [0, 0.05) is 51.3 Å². The van der Waals surface area contributed by atoms with Gasteiger partial charge in [0.05, 0.1) is 28.1 Å². The predicted octanol–water partition coefficient (Wildman–Crippen LogP) is 14.0. The van der Waals surface area contributed by atoms with Crippen molar-refractivity contribution in [2.24, 2.45) is 0 Å². The van der Waals surface area contributed by atoms with Gasteiger partial charge in [-0.1, -0.05) is 133 Å². The number of hydrogen-bond donors (Lipinski definition) is 0. The van der Waals surface area contributed by atoms with Crippen molar-refractivity contribution in [1.29, 1.82) is 0 Å². The number of benzene rings is 8. The summed E-state index contributed by atoms with van der Waals surface area (Å²) in [6, 6.07) is 68.9. The highest BCUT2D eigenvalue weighted by molar-refractivity contribution is 6.10. The molecule has 10 aromatic rings. The Labute approximate surface area is 337 Å². The highest BCUT2D eigenvalue weighted by Gasteiger charge is 2.33. The first-order valence-electron chi connectivity index (χ1n) is 19.7. The van der Waals surface area contributed by atoms with Crippen LogP contribution >= 0.6 is 0 Å². The third-order valence-electron chi connectivity index (χ3n) is 11.3. The summed E-state index contributed by atoms with van der Waals surface area (Å²) in [5, 5.41) is 4.76. The number of fused-ring (bicyclic) bond motifs is 6. The number of anilines is 4. The van der Waals surface area contributed by atoms with E-state index >= 15 is 0 Å². The van der Waals surface area contributed by atoms with E-state index in [4.69, 9.17) is 9.72 Å². The minimum absolute atomic E-state index is 0.617. The lowest BCUT2D eigenvalue weighted by atomic mass is 9.94. The maximum atomic E-state index is 6.80.